The lowest BCUT2D eigenvalue weighted by atomic mass is 9.92. The van der Waals surface area contributed by atoms with E-state index < -0.39 is 5.60 Å². The zero-order chi connectivity index (χ0) is 12.4. The van der Waals surface area contributed by atoms with Crippen molar-refractivity contribution in [2.75, 3.05) is 6.61 Å². The number of rotatable bonds is 8. The number of carbonyl (C=O) groups excluding carboxylic acids is 1. The lowest BCUT2D eigenvalue weighted by molar-refractivity contribution is -0.147. The van der Waals surface area contributed by atoms with E-state index in [0.717, 1.165) is 19.3 Å². The number of aliphatic hydroxyl groups is 1. The van der Waals surface area contributed by atoms with Crippen molar-refractivity contribution in [3.63, 3.8) is 0 Å². The van der Waals surface area contributed by atoms with Crippen molar-refractivity contribution >= 4 is 5.97 Å². The standard InChI is InChI=1S/C13H24O3/c1-4-7-8-10-13(15,9-5-2)11-12(14)16-6-3/h5,9,15H,4,6-8,10-11H2,1-3H3. The van der Waals surface area contributed by atoms with Crippen molar-refractivity contribution in [2.45, 2.75) is 58.5 Å². The highest BCUT2D eigenvalue weighted by Gasteiger charge is 2.26. The number of hydrogen-bond acceptors (Lipinski definition) is 3. The maximum atomic E-state index is 11.4. The Labute approximate surface area is 98.5 Å². The minimum absolute atomic E-state index is 0.0505. The van der Waals surface area contributed by atoms with Crippen molar-refractivity contribution in [3.8, 4) is 0 Å². The first kappa shape index (κ1) is 15.2. The quantitative estimate of drug-likeness (QED) is 0.395. The Morgan fingerprint density at radius 3 is 2.56 bits per heavy atom. The van der Waals surface area contributed by atoms with Gasteiger partial charge in [-0.15, -0.1) is 0 Å². The second kappa shape index (κ2) is 8.34. The fourth-order valence-corrected chi connectivity index (χ4v) is 1.68. The smallest absolute Gasteiger partial charge is 0.309 e. The molecule has 0 aromatic heterocycles. The van der Waals surface area contributed by atoms with Crippen LogP contribution in [0.5, 0.6) is 0 Å². The molecule has 94 valence electrons. The van der Waals surface area contributed by atoms with Crippen LogP contribution in [-0.4, -0.2) is 23.3 Å². The van der Waals surface area contributed by atoms with Gasteiger partial charge in [-0.3, -0.25) is 4.79 Å². The van der Waals surface area contributed by atoms with Gasteiger partial charge in [0.2, 0.25) is 0 Å². The first-order valence-corrected chi connectivity index (χ1v) is 6.09. The molecule has 0 amide bonds. The maximum absolute atomic E-state index is 11.4. The van der Waals surface area contributed by atoms with Crippen LogP contribution in [0.2, 0.25) is 0 Å². The van der Waals surface area contributed by atoms with Crippen LogP contribution < -0.4 is 0 Å². The average Bonchev–Trinajstić information content (AvgIpc) is 2.18. The number of unbranched alkanes of at least 4 members (excludes halogenated alkanes) is 2. The van der Waals surface area contributed by atoms with Gasteiger partial charge >= 0.3 is 5.97 Å². The molecule has 0 aliphatic rings. The summed E-state index contributed by atoms with van der Waals surface area (Å²) in [5.41, 5.74) is -1.03. The fourth-order valence-electron chi connectivity index (χ4n) is 1.68. The highest BCUT2D eigenvalue weighted by Crippen LogP contribution is 2.21. The Morgan fingerprint density at radius 2 is 2.06 bits per heavy atom. The van der Waals surface area contributed by atoms with Crippen molar-refractivity contribution in [3.05, 3.63) is 12.2 Å². The van der Waals surface area contributed by atoms with Crippen LogP contribution in [0.25, 0.3) is 0 Å². The summed E-state index contributed by atoms with van der Waals surface area (Å²) < 4.78 is 4.86. The summed E-state index contributed by atoms with van der Waals surface area (Å²) in [4.78, 5) is 11.4. The second-order valence-electron chi connectivity index (χ2n) is 4.04. The Bertz CT molecular complexity index is 223. The molecule has 16 heavy (non-hydrogen) atoms. The van der Waals surface area contributed by atoms with Gasteiger partial charge in [-0.05, 0) is 20.3 Å². The third-order valence-electron chi connectivity index (χ3n) is 2.45. The molecule has 0 saturated heterocycles. The first-order chi connectivity index (χ1) is 7.58. The molecule has 0 aliphatic carbocycles. The monoisotopic (exact) mass is 228 g/mol. The maximum Gasteiger partial charge on any atom is 0.309 e. The zero-order valence-electron chi connectivity index (χ0n) is 10.7. The molecule has 0 fully saturated rings. The lowest BCUT2D eigenvalue weighted by Gasteiger charge is -2.23. The molecule has 0 spiro atoms. The molecule has 0 bridgehead atoms. The van der Waals surface area contributed by atoms with Gasteiger partial charge in [0.1, 0.15) is 0 Å². The molecule has 3 nitrogen and oxygen atoms in total. The van der Waals surface area contributed by atoms with Gasteiger partial charge in [-0.1, -0.05) is 38.3 Å². The Hall–Kier alpha value is -0.830. The number of allylic oxidation sites excluding steroid dienone is 1. The van der Waals surface area contributed by atoms with Crippen LogP contribution in [-0.2, 0) is 9.53 Å². The van der Waals surface area contributed by atoms with E-state index in [1.54, 1.807) is 19.1 Å². The van der Waals surface area contributed by atoms with Crippen LogP contribution in [0.15, 0.2) is 12.2 Å². The minimum Gasteiger partial charge on any atom is -0.466 e. The number of esters is 1. The summed E-state index contributed by atoms with van der Waals surface area (Å²) >= 11 is 0. The Morgan fingerprint density at radius 1 is 1.38 bits per heavy atom. The van der Waals surface area contributed by atoms with Crippen molar-refractivity contribution < 1.29 is 14.6 Å². The highest BCUT2D eigenvalue weighted by molar-refractivity contribution is 5.71. The first-order valence-electron chi connectivity index (χ1n) is 6.09. The normalized spacial score (nSPS) is 15.0. The molecular weight excluding hydrogens is 204 g/mol. The van der Waals surface area contributed by atoms with E-state index in [1.807, 2.05) is 6.92 Å². The molecule has 0 aliphatic heterocycles. The Balaban J connectivity index is 4.26. The molecule has 0 heterocycles. The van der Waals surface area contributed by atoms with E-state index in [2.05, 4.69) is 6.92 Å². The summed E-state index contributed by atoms with van der Waals surface area (Å²) in [6.45, 7) is 6.08. The van der Waals surface area contributed by atoms with E-state index in [0.29, 0.717) is 13.0 Å². The molecule has 0 radical (unpaired) electrons. The summed E-state index contributed by atoms with van der Waals surface area (Å²) in [5, 5.41) is 10.2. The summed E-state index contributed by atoms with van der Waals surface area (Å²) in [7, 11) is 0. The summed E-state index contributed by atoms with van der Waals surface area (Å²) in [6.07, 6.45) is 7.24. The molecule has 1 unspecified atom stereocenters. The zero-order valence-corrected chi connectivity index (χ0v) is 10.7. The number of ether oxygens (including phenoxy) is 1. The van der Waals surface area contributed by atoms with Gasteiger partial charge < -0.3 is 9.84 Å². The second-order valence-corrected chi connectivity index (χ2v) is 4.04. The molecule has 0 aromatic rings. The van der Waals surface area contributed by atoms with Gasteiger partial charge in [0, 0.05) is 0 Å². The largest absolute Gasteiger partial charge is 0.466 e. The molecular formula is C13H24O3. The van der Waals surface area contributed by atoms with E-state index in [1.165, 1.54) is 0 Å². The molecule has 0 saturated carbocycles. The summed E-state index contributed by atoms with van der Waals surface area (Å²) in [5.74, 6) is -0.334. The van der Waals surface area contributed by atoms with E-state index in [9.17, 15) is 9.90 Å². The Kier molecular flexibility index (Phi) is 7.90. The van der Waals surface area contributed by atoms with Gasteiger partial charge in [0.05, 0.1) is 18.6 Å². The molecule has 1 N–H and O–H groups in total. The molecule has 0 rings (SSSR count). The predicted molar refractivity (Wildman–Crippen MR) is 65.2 cm³/mol. The van der Waals surface area contributed by atoms with E-state index >= 15 is 0 Å². The van der Waals surface area contributed by atoms with Crippen LogP contribution >= 0.6 is 0 Å². The number of hydrogen-bond donors (Lipinski definition) is 1. The van der Waals surface area contributed by atoms with Crippen molar-refractivity contribution in [2.24, 2.45) is 0 Å². The topological polar surface area (TPSA) is 46.5 Å². The van der Waals surface area contributed by atoms with E-state index in [-0.39, 0.29) is 12.4 Å². The van der Waals surface area contributed by atoms with Crippen LogP contribution in [0.4, 0.5) is 0 Å². The van der Waals surface area contributed by atoms with Crippen LogP contribution in [0.1, 0.15) is 52.9 Å². The fraction of sp³-hybridized carbons (Fsp3) is 0.769. The molecule has 0 aromatic carbocycles. The lowest BCUT2D eigenvalue weighted by Crippen LogP contribution is -2.30. The van der Waals surface area contributed by atoms with Gasteiger partial charge in [0.15, 0.2) is 0 Å². The summed E-state index contributed by atoms with van der Waals surface area (Å²) in [6, 6.07) is 0. The SMILES string of the molecule is CC=CC(O)(CCCCC)CC(=O)OCC. The van der Waals surface area contributed by atoms with Crippen molar-refractivity contribution in [1.82, 2.24) is 0 Å². The number of carbonyl (C=O) groups is 1. The van der Waals surface area contributed by atoms with E-state index in [4.69, 9.17) is 4.74 Å². The molecule has 3 heteroatoms. The third kappa shape index (κ3) is 6.62. The average molecular weight is 228 g/mol. The van der Waals surface area contributed by atoms with Crippen LogP contribution in [0, 0.1) is 0 Å². The third-order valence-corrected chi connectivity index (χ3v) is 2.45. The van der Waals surface area contributed by atoms with Gasteiger partial charge in [-0.25, -0.2) is 0 Å². The van der Waals surface area contributed by atoms with Crippen molar-refractivity contribution in [1.29, 1.82) is 0 Å². The van der Waals surface area contributed by atoms with Crippen LogP contribution in [0.3, 0.4) is 0 Å². The molecule has 1 atom stereocenters. The van der Waals surface area contributed by atoms with Gasteiger partial charge in [0.25, 0.3) is 0 Å². The highest BCUT2D eigenvalue weighted by atomic mass is 16.5. The minimum atomic E-state index is -1.03. The van der Waals surface area contributed by atoms with Gasteiger partial charge in [-0.2, -0.15) is 0 Å². The predicted octanol–water partition coefficient (Wildman–Crippen LogP) is 2.83.